The largest absolute Gasteiger partial charge is 0.481 e. The summed E-state index contributed by atoms with van der Waals surface area (Å²) in [6.07, 6.45) is 5.51. The van der Waals surface area contributed by atoms with E-state index in [2.05, 4.69) is 4.98 Å². The maximum absolute atomic E-state index is 13.8. The van der Waals surface area contributed by atoms with Crippen LogP contribution in [0.3, 0.4) is 0 Å². The maximum atomic E-state index is 13.8. The first-order chi connectivity index (χ1) is 22.1. The first-order valence-corrected chi connectivity index (χ1v) is 15.9. The van der Waals surface area contributed by atoms with Crippen molar-refractivity contribution < 1.29 is 18.7 Å². The third-order valence-corrected chi connectivity index (χ3v) is 8.85. The molecule has 0 bridgehead atoms. The van der Waals surface area contributed by atoms with Crippen LogP contribution in [0.5, 0.6) is 5.75 Å². The van der Waals surface area contributed by atoms with E-state index in [0.717, 1.165) is 16.0 Å². The lowest BCUT2D eigenvalue weighted by atomic mass is 9.94. The second-order valence-corrected chi connectivity index (χ2v) is 13.4. The predicted octanol–water partition coefficient (Wildman–Crippen LogP) is 4.65. The summed E-state index contributed by atoms with van der Waals surface area (Å²) in [6.45, 7) is 7.64. The zero-order chi connectivity index (χ0) is 32.4. The third kappa shape index (κ3) is 6.71. The second-order valence-electron chi connectivity index (χ2n) is 12.3. The molecule has 0 spiro atoms. The van der Waals surface area contributed by atoms with Gasteiger partial charge in [0.2, 0.25) is 23.3 Å². The van der Waals surface area contributed by atoms with Gasteiger partial charge in [-0.25, -0.2) is 18.8 Å². The lowest BCUT2D eigenvalue weighted by Crippen LogP contribution is -2.53. The highest BCUT2D eigenvalue weighted by atomic mass is 32.1. The van der Waals surface area contributed by atoms with E-state index in [-0.39, 0.29) is 48.0 Å². The molecule has 12 heteroatoms. The number of thiazole rings is 1. The average Bonchev–Trinajstić information content (AvgIpc) is 3.68. The number of nitrogens with zero attached hydrogens (tertiary/aromatic N) is 6. The highest BCUT2D eigenvalue weighted by Gasteiger charge is 2.31. The normalized spacial score (nSPS) is 13.7. The molecule has 6 rings (SSSR count). The van der Waals surface area contributed by atoms with Crippen LogP contribution in [-0.4, -0.2) is 66.7 Å². The van der Waals surface area contributed by atoms with Gasteiger partial charge in [0.1, 0.15) is 24.0 Å². The van der Waals surface area contributed by atoms with Gasteiger partial charge in [-0.2, -0.15) is 0 Å². The molecule has 0 N–H and O–H groups in total. The summed E-state index contributed by atoms with van der Waals surface area (Å²) in [5, 5.41) is 0.499. The molecule has 238 valence electrons. The van der Waals surface area contributed by atoms with Gasteiger partial charge in [0.05, 0.1) is 0 Å². The van der Waals surface area contributed by atoms with E-state index < -0.39 is 11.0 Å². The number of halogens is 1. The molecule has 46 heavy (non-hydrogen) atoms. The van der Waals surface area contributed by atoms with Crippen LogP contribution >= 0.6 is 11.3 Å². The Morgan fingerprint density at radius 1 is 0.935 bits per heavy atom. The molecular formula is C34H35FN6O4S. The number of piperazine rings is 1. The average molecular weight is 643 g/mol. The molecule has 0 radical (unpaired) electrons. The summed E-state index contributed by atoms with van der Waals surface area (Å²) in [4.78, 5) is 53.8. The number of amides is 2. The van der Waals surface area contributed by atoms with Crippen molar-refractivity contribution in [2.45, 2.75) is 40.3 Å². The van der Waals surface area contributed by atoms with Gasteiger partial charge in [-0.3, -0.25) is 14.4 Å². The van der Waals surface area contributed by atoms with E-state index in [4.69, 9.17) is 9.72 Å². The van der Waals surface area contributed by atoms with Crippen LogP contribution in [0, 0.1) is 11.2 Å². The Bertz CT molecular complexity index is 1920. The maximum Gasteiger partial charge on any atom is 0.302 e. The van der Waals surface area contributed by atoms with E-state index in [9.17, 15) is 18.8 Å². The number of hydrogen-bond donors (Lipinski definition) is 0. The van der Waals surface area contributed by atoms with Crippen molar-refractivity contribution in [3.05, 3.63) is 105 Å². The summed E-state index contributed by atoms with van der Waals surface area (Å²) in [5.74, 6) is -0.00584. The fourth-order valence-corrected chi connectivity index (χ4v) is 6.30. The van der Waals surface area contributed by atoms with Gasteiger partial charge in [-0.05, 0) is 23.3 Å². The minimum Gasteiger partial charge on any atom is -0.481 e. The molecule has 0 aliphatic carbocycles. The third-order valence-electron chi connectivity index (χ3n) is 7.85. The Morgan fingerprint density at radius 2 is 1.63 bits per heavy atom. The summed E-state index contributed by atoms with van der Waals surface area (Å²) in [6, 6.07) is 15.8. The highest BCUT2D eigenvalue weighted by molar-refractivity contribution is 7.15. The van der Waals surface area contributed by atoms with Crippen LogP contribution in [-0.2, 0) is 29.2 Å². The minimum absolute atomic E-state index is 0.0203. The summed E-state index contributed by atoms with van der Waals surface area (Å²) < 4.78 is 22.6. The molecule has 3 aromatic heterocycles. The molecule has 1 fully saturated rings. The first kappa shape index (κ1) is 31.2. The van der Waals surface area contributed by atoms with Crippen LogP contribution in [0.15, 0.2) is 78.0 Å². The quantitative estimate of drug-likeness (QED) is 0.244. The minimum atomic E-state index is -0.477. The molecule has 0 unspecified atom stereocenters. The summed E-state index contributed by atoms with van der Waals surface area (Å²) >= 11 is 1.38. The molecule has 0 saturated carbocycles. The van der Waals surface area contributed by atoms with E-state index in [1.165, 1.54) is 27.9 Å². The van der Waals surface area contributed by atoms with Crippen molar-refractivity contribution in [2.75, 3.05) is 26.2 Å². The van der Waals surface area contributed by atoms with Gasteiger partial charge in [-0.1, -0.05) is 63.2 Å². The lowest BCUT2D eigenvalue weighted by Gasteiger charge is -2.37. The number of hydrogen-bond acceptors (Lipinski definition) is 7. The number of imidazole rings is 1. The molecule has 2 aromatic carbocycles. The molecule has 10 nitrogen and oxygen atoms in total. The lowest BCUT2D eigenvalue weighted by molar-refractivity contribution is -0.145. The van der Waals surface area contributed by atoms with Crippen molar-refractivity contribution in [3.8, 4) is 16.5 Å². The van der Waals surface area contributed by atoms with Gasteiger partial charge in [0, 0.05) is 61.5 Å². The number of carbonyl (C=O) groups is 2. The number of fused-ring (bicyclic) bond motifs is 1. The molecule has 1 aliphatic rings. The first-order valence-electron chi connectivity index (χ1n) is 15.1. The van der Waals surface area contributed by atoms with Gasteiger partial charge in [0.25, 0.3) is 0 Å². The van der Waals surface area contributed by atoms with Gasteiger partial charge < -0.3 is 19.1 Å². The van der Waals surface area contributed by atoms with Crippen molar-refractivity contribution in [1.29, 1.82) is 0 Å². The number of ether oxygens (including phenoxy) is 1. The molecule has 4 heterocycles. The summed E-state index contributed by atoms with van der Waals surface area (Å²) in [7, 11) is 0. The predicted molar refractivity (Wildman–Crippen MR) is 173 cm³/mol. The van der Waals surface area contributed by atoms with E-state index in [0.29, 0.717) is 37.6 Å². The van der Waals surface area contributed by atoms with Crippen molar-refractivity contribution in [3.63, 3.8) is 0 Å². The van der Waals surface area contributed by atoms with Crippen molar-refractivity contribution in [2.24, 2.45) is 5.41 Å². The molecular weight excluding hydrogens is 607 g/mol. The molecule has 1 aliphatic heterocycles. The van der Waals surface area contributed by atoms with Crippen molar-refractivity contribution >= 4 is 28.9 Å². The number of aromatic nitrogens is 4. The number of rotatable bonds is 8. The Balaban J connectivity index is 1.28. The Hall–Kier alpha value is -4.84. The van der Waals surface area contributed by atoms with Crippen LogP contribution in [0.2, 0.25) is 0 Å². The second kappa shape index (κ2) is 12.9. The number of carbonyl (C=O) groups excluding carboxylic acids is 2. The molecule has 0 atom stereocenters. The fourth-order valence-electron chi connectivity index (χ4n) is 5.37. The monoisotopic (exact) mass is 642 g/mol. The zero-order valence-corrected chi connectivity index (χ0v) is 26.8. The smallest absolute Gasteiger partial charge is 0.302 e. The standard InChI is InChI=1S/C34H35FN6O4S/c1-34(2,3)32(44)39-15-13-38(14-16-39)27(42)21-40-17-18-41-31(43)29(45-22-24-7-5-4-6-8-24)28(37-33(40)41)30-36-20-26(46-30)19-23-9-11-25(35)12-10-23/h4-12,17-18,20H,13-16,19,21-22H2,1-3H3. The fraction of sp³-hybridized carbons (Fsp3) is 0.324. The SMILES string of the molecule is CC(C)(C)C(=O)N1CCN(C(=O)Cn2ccn3c(=O)c(OCc4ccccc4)c(-c4ncc(Cc5ccc(F)cc5)s4)nc23)CC1. The van der Waals surface area contributed by atoms with E-state index in [1.807, 2.05) is 51.1 Å². The zero-order valence-electron chi connectivity index (χ0n) is 26.0. The Kier molecular flexibility index (Phi) is 8.72. The molecule has 5 aromatic rings. The van der Waals surface area contributed by atoms with E-state index in [1.54, 1.807) is 45.1 Å². The van der Waals surface area contributed by atoms with Gasteiger partial charge in [0.15, 0.2) is 5.69 Å². The summed E-state index contributed by atoms with van der Waals surface area (Å²) in [5.41, 5.74) is 1.22. The van der Waals surface area contributed by atoms with Crippen LogP contribution < -0.4 is 10.3 Å². The highest BCUT2D eigenvalue weighted by Crippen LogP contribution is 2.31. The number of benzene rings is 2. The Morgan fingerprint density at radius 3 is 2.33 bits per heavy atom. The van der Waals surface area contributed by atoms with Crippen LogP contribution in [0.4, 0.5) is 4.39 Å². The van der Waals surface area contributed by atoms with Gasteiger partial charge >= 0.3 is 5.56 Å². The molecule has 2 amide bonds. The topological polar surface area (TPSA) is 102 Å². The van der Waals surface area contributed by atoms with Crippen LogP contribution in [0.1, 0.15) is 36.8 Å². The van der Waals surface area contributed by atoms with Gasteiger partial charge in [-0.15, -0.1) is 11.3 Å². The van der Waals surface area contributed by atoms with E-state index >= 15 is 0 Å². The Labute approximate surface area is 269 Å². The molecule has 1 saturated heterocycles. The van der Waals surface area contributed by atoms with Crippen molar-refractivity contribution in [1.82, 2.24) is 28.7 Å². The van der Waals surface area contributed by atoms with Crippen LogP contribution in [0.25, 0.3) is 16.5 Å².